The smallest absolute Gasteiger partial charge is 0.0401 e. The highest BCUT2D eigenvalue weighted by molar-refractivity contribution is 5.00. The Kier molecular flexibility index (Phi) is 4.18. The third kappa shape index (κ3) is 3.03. The summed E-state index contributed by atoms with van der Waals surface area (Å²) in [6.45, 7) is 6.97. The maximum atomic E-state index is 5.77. The van der Waals surface area contributed by atoms with Gasteiger partial charge in [0.25, 0.3) is 0 Å². The zero-order valence-corrected chi connectivity index (χ0v) is 9.57. The molecule has 0 spiro atoms. The number of likely N-dealkylation sites (tertiary alicyclic amines) is 1. The van der Waals surface area contributed by atoms with E-state index in [2.05, 4.69) is 22.0 Å². The van der Waals surface area contributed by atoms with Crippen molar-refractivity contribution in [2.75, 3.05) is 39.3 Å². The molecular weight excluding hydrogens is 186 g/mol. The Hall–Kier alpha value is -0.380. The molecule has 2 aliphatic rings. The summed E-state index contributed by atoms with van der Waals surface area (Å²) < 4.78 is 0. The van der Waals surface area contributed by atoms with Crippen LogP contribution in [0.1, 0.15) is 19.3 Å². The summed E-state index contributed by atoms with van der Waals surface area (Å²) in [5.74, 6) is 0. The Morgan fingerprint density at radius 1 is 1.13 bits per heavy atom. The molecule has 3 heteroatoms. The first-order valence-corrected chi connectivity index (χ1v) is 6.23. The minimum atomic E-state index is 0.487. The summed E-state index contributed by atoms with van der Waals surface area (Å²) in [6.07, 6.45) is 8.51. The summed E-state index contributed by atoms with van der Waals surface area (Å²) in [5, 5.41) is 0. The average molecular weight is 209 g/mol. The first kappa shape index (κ1) is 11.1. The number of nitrogens with two attached hydrogens (primary N) is 1. The van der Waals surface area contributed by atoms with Gasteiger partial charge in [-0.3, -0.25) is 4.90 Å². The van der Waals surface area contributed by atoms with Gasteiger partial charge in [-0.05, 0) is 32.4 Å². The van der Waals surface area contributed by atoms with Gasteiger partial charge in [0.1, 0.15) is 0 Å². The molecule has 0 aliphatic carbocycles. The third-order valence-corrected chi connectivity index (χ3v) is 3.55. The molecule has 0 bridgehead atoms. The molecule has 86 valence electrons. The second-order valence-corrected chi connectivity index (χ2v) is 4.60. The van der Waals surface area contributed by atoms with E-state index in [1.165, 1.54) is 52.0 Å². The maximum Gasteiger partial charge on any atom is 0.0401 e. The van der Waals surface area contributed by atoms with Crippen molar-refractivity contribution in [1.82, 2.24) is 9.80 Å². The maximum absolute atomic E-state index is 5.77. The van der Waals surface area contributed by atoms with Gasteiger partial charge in [0.05, 0.1) is 0 Å². The molecule has 1 atom stereocenters. The number of hydrogen-bond donors (Lipinski definition) is 1. The Bertz CT molecular complexity index is 209. The van der Waals surface area contributed by atoms with Crippen LogP contribution in [0.5, 0.6) is 0 Å². The van der Waals surface area contributed by atoms with Crippen LogP contribution in [0.3, 0.4) is 0 Å². The lowest BCUT2D eigenvalue weighted by atomic mass is 10.1. The summed E-state index contributed by atoms with van der Waals surface area (Å²) in [7, 11) is 0. The molecule has 3 nitrogen and oxygen atoms in total. The van der Waals surface area contributed by atoms with Crippen molar-refractivity contribution in [2.45, 2.75) is 25.3 Å². The standard InChI is InChI=1S/C12H23N3/c13-11-12-5-1-2-8-15(12)10-9-14-6-3-4-7-14/h1,5,12H,2-4,6-11,13H2. The molecule has 1 saturated heterocycles. The molecular formula is C12H23N3. The highest BCUT2D eigenvalue weighted by atomic mass is 15.2. The SMILES string of the molecule is NCC1C=CCCN1CCN1CCCC1. The van der Waals surface area contributed by atoms with E-state index < -0.39 is 0 Å². The van der Waals surface area contributed by atoms with E-state index >= 15 is 0 Å². The van der Waals surface area contributed by atoms with E-state index in [1.54, 1.807) is 0 Å². The zero-order chi connectivity index (χ0) is 10.5. The molecule has 0 aromatic rings. The fourth-order valence-corrected chi connectivity index (χ4v) is 2.56. The molecule has 2 rings (SSSR count). The zero-order valence-electron chi connectivity index (χ0n) is 9.57. The van der Waals surface area contributed by atoms with E-state index in [0.29, 0.717) is 6.04 Å². The number of hydrogen-bond acceptors (Lipinski definition) is 3. The molecule has 1 fully saturated rings. The molecule has 0 radical (unpaired) electrons. The fourth-order valence-electron chi connectivity index (χ4n) is 2.56. The van der Waals surface area contributed by atoms with Crippen molar-refractivity contribution in [2.24, 2.45) is 5.73 Å². The molecule has 0 saturated carbocycles. The monoisotopic (exact) mass is 209 g/mol. The number of rotatable bonds is 4. The summed E-state index contributed by atoms with van der Waals surface area (Å²) >= 11 is 0. The van der Waals surface area contributed by atoms with Crippen LogP contribution >= 0.6 is 0 Å². The van der Waals surface area contributed by atoms with E-state index in [4.69, 9.17) is 5.73 Å². The van der Waals surface area contributed by atoms with Crippen LogP contribution in [0.2, 0.25) is 0 Å². The Morgan fingerprint density at radius 2 is 1.93 bits per heavy atom. The topological polar surface area (TPSA) is 32.5 Å². The van der Waals surface area contributed by atoms with E-state index in [1.807, 2.05) is 0 Å². The average Bonchev–Trinajstić information content (AvgIpc) is 2.79. The lowest BCUT2D eigenvalue weighted by molar-refractivity contribution is 0.193. The van der Waals surface area contributed by atoms with Gasteiger partial charge in [-0.15, -0.1) is 0 Å². The van der Waals surface area contributed by atoms with Crippen molar-refractivity contribution in [1.29, 1.82) is 0 Å². The lowest BCUT2D eigenvalue weighted by Gasteiger charge is -2.32. The normalized spacial score (nSPS) is 28.7. The van der Waals surface area contributed by atoms with Crippen LogP contribution < -0.4 is 5.73 Å². The predicted molar refractivity (Wildman–Crippen MR) is 63.8 cm³/mol. The van der Waals surface area contributed by atoms with Crippen molar-refractivity contribution in [3.05, 3.63) is 12.2 Å². The van der Waals surface area contributed by atoms with Gasteiger partial charge < -0.3 is 10.6 Å². The Labute approximate surface area is 92.9 Å². The minimum Gasteiger partial charge on any atom is -0.329 e. The second kappa shape index (κ2) is 5.64. The first-order chi connectivity index (χ1) is 7.40. The van der Waals surface area contributed by atoms with Crippen LogP contribution in [0.4, 0.5) is 0 Å². The van der Waals surface area contributed by atoms with E-state index in [9.17, 15) is 0 Å². The van der Waals surface area contributed by atoms with Crippen molar-refractivity contribution in [3.8, 4) is 0 Å². The van der Waals surface area contributed by atoms with Gasteiger partial charge in [-0.25, -0.2) is 0 Å². The van der Waals surface area contributed by atoms with Gasteiger partial charge >= 0.3 is 0 Å². The quantitative estimate of drug-likeness (QED) is 0.691. The van der Waals surface area contributed by atoms with Gasteiger partial charge in [-0.1, -0.05) is 12.2 Å². The molecule has 0 aromatic heterocycles. The van der Waals surface area contributed by atoms with Crippen molar-refractivity contribution < 1.29 is 0 Å². The summed E-state index contributed by atoms with van der Waals surface area (Å²) in [4.78, 5) is 5.10. The summed E-state index contributed by atoms with van der Waals surface area (Å²) in [6, 6.07) is 0.487. The fraction of sp³-hybridized carbons (Fsp3) is 0.833. The van der Waals surface area contributed by atoms with Crippen molar-refractivity contribution >= 4 is 0 Å². The second-order valence-electron chi connectivity index (χ2n) is 4.60. The molecule has 0 amide bonds. The van der Waals surface area contributed by atoms with Crippen LogP contribution in [-0.4, -0.2) is 55.1 Å². The lowest BCUT2D eigenvalue weighted by Crippen LogP contribution is -2.45. The largest absolute Gasteiger partial charge is 0.329 e. The number of nitrogens with zero attached hydrogens (tertiary/aromatic N) is 2. The Balaban J connectivity index is 1.74. The minimum absolute atomic E-state index is 0.487. The van der Waals surface area contributed by atoms with Gasteiger partial charge in [0.2, 0.25) is 0 Å². The molecule has 1 unspecified atom stereocenters. The molecule has 0 aromatic carbocycles. The third-order valence-electron chi connectivity index (χ3n) is 3.55. The highest BCUT2D eigenvalue weighted by Gasteiger charge is 2.18. The molecule has 2 heterocycles. The van der Waals surface area contributed by atoms with Gasteiger partial charge in [-0.2, -0.15) is 0 Å². The van der Waals surface area contributed by atoms with Crippen molar-refractivity contribution in [3.63, 3.8) is 0 Å². The molecule has 15 heavy (non-hydrogen) atoms. The highest BCUT2D eigenvalue weighted by Crippen LogP contribution is 2.11. The predicted octanol–water partition coefficient (Wildman–Crippen LogP) is 0.671. The van der Waals surface area contributed by atoms with Crippen LogP contribution in [0, 0.1) is 0 Å². The molecule has 2 N–H and O–H groups in total. The van der Waals surface area contributed by atoms with E-state index in [-0.39, 0.29) is 0 Å². The van der Waals surface area contributed by atoms with Crippen LogP contribution in [0.15, 0.2) is 12.2 Å². The summed E-state index contributed by atoms with van der Waals surface area (Å²) in [5.41, 5.74) is 5.77. The Morgan fingerprint density at radius 3 is 2.67 bits per heavy atom. The van der Waals surface area contributed by atoms with Crippen LogP contribution in [-0.2, 0) is 0 Å². The van der Waals surface area contributed by atoms with Crippen LogP contribution in [0.25, 0.3) is 0 Å². The first-order valence-electron chi connectivity index (χ1n) is 6.23. The van der Waals surface area contributed by atoms with Gasteiger partial charge in [0.15, 0.2) is 0 Å². The molecule has 2 aliphatic heterocycles. The van der Waals surface area contributed by atoms with Gasteiger partial charge in [0, 0.05) is 32.2 Å². The van der Waals surface area contributed by atoms with E-state index in [0.717, 1.165) is 6.54 Å².